The van der Waals surface area contributed by atoms with Gasteiger partial charge >= 0.3 is 0 Å². The first-order valence-corrected chi connectivity index (χ1v) is 18.7. The number of nitrogens with zero attached hydrogens (tertiary/aromatic N) is 2. The smallest absolute Gasteiger partial charge is 0.0562 e. The second-order valence-corrected chi connectivity index (χ2v) is 14.5. The summed E-state index contributed by atoms with van der Waals surface area (Å²) in [5.41, 5.74) is 9.59. The highest BCUT2D eigenvalue weighted by molar-refractivity contribution is 6.25. The van der Waals surface area contributed by atoms with Gasteiger partial charge in [-0.25, -0.2) is 0 Å². The molecule has 2 heterocycles. The van der Waals surface area contributed by atoms with Gasteiger partial charge in [-0.2, -0.15) is 0 Å². The molecule has 0 unspecified atom stereocenters. The maximum atomic E-state index is 2.49. The lowest BCUT2D eigenvalue weighted by atomic mass is 9.98. The van der Waals surface area contributed by atoms with E-state index < -0.39 is 0 Å². The summed E-state index contributed by atoms with van der Waals surface area (Å²) in [5.74, 6) is 0. The molecule has 2 heteroatoms. The third kappa shape index (κ3) is 4.17. The molecular formula is C52H32N2. The van der Waals surface area contributed by atoms with Crippen LogP contribution in [0.1, 0.15) is 0 Å². The van der Waals surface area contributed by atoms with Gasteiger partial charge in [-0.1, -0.05) is 146 Å². The van der Waals surface area contributed by atoms with E-state index in [1.165, 1.54) is 97.8 Å². The van der Waals surface area contributed by atoms with Crippen LogP contribution in [0, 0.1) is 0 Å². The zero-order valence-electron chi connectivity index (χ0n) is 29.4. The molecule has 0 atom stereocenters. The topological polar surface area (TPSA) is 9.86 Å². The van der Waals surface area contributed by atoms with E-state index in [1.54, 1.807) is 0 Å². The lowest BCUT2D eigenvalue weighted by Gasteiger charge is -2.13. The predicted octanol–water partition coefficient (Wildman–Crippen LogP) is 14.2. The fourth-order valence-corrected chi connectivity index (χ4v) is 9.20. The van der Waals surface area contributed by atoms with E-state index in [1.807, 2.05) is 0 Å². The van der Waals surface area contributed by atoms with Gasteiger partial charge in [0.2, 0.25) is 0 Å². The highest BCUT2D eigenvalue weighted by atomic mass is 15.0. The van der Waals surface area contributed by atoms with Crippen LogP contribution in [0.2, 0.25) is 0 Å². The van der Waals surface area contributed by atoms with Crippen molar-refractivity contribution in [2.75, 3.05) is 0 Å². The third-order valence-electron chi connectivity index (χ3n) is 11.7. The van der Waals surface area contributed by atoms with Crippen molar-refractivity contribution in [2.24, 2.45) is 0 Å². The van der Waals surface area contributed by atoms with Crippen molar-refractivity contribution in [1.29, 1.82) is 0 Å². The summed E-state index contributed by atoms with van der Waals surface area (Å²) in [6, 6.07) is 71.6. The fourth-order valence-electron chi connectivity index (χ4n) is 9.20. The molecule has 0 aliphatic carbocycles. The van der Waals surface area contributed by atoms with Crippen molar-refractivity contribution in [1.82, 2.24) is 9.13 Å². The molecule has 0 bridgehead atoms. The van der Waals surface area contributed by atoms with E-state index in [-0.39, 0.29) is 0 Å². The Morgan fingerprint density at radius 1 is 0.259 bits per heavy atom. The number of hydrogen-bond donors (Lipinski definition) is 0. The van der Waals surface area contributed by atoms with E-state index >= 15 is 0 Å². The lowest BCUT2D eigenvalue weighted by molar-refractivity contribution is 1.17. The molecule has 0 aliphatic heterocycles. The van der Waals surface area contributed by atoms with Gasteiger partial charge in [-0.15, -0.1) is 0 Å². The number of benzene rings is 10. The van der Waals surface area contributed by atoms with Crippen molar-refractivity contribution in [3.8, 4) is 22.5 Å². The predicted molar refractivity (Wildman–Crippen MR) is 231 cm³/mol. The maximum absolute atomic E-state index is 2.49. The maximum Gasteiger partial charge on any atom is 0.0562 e. The van der Waals surface area contributed by atoms with Gasteiger partial charge in [-0.3, -0.25) is 0 Å². The van der Waals surface area contributed by atoms with Crippen molar-refractivity contribution >= 4 is 86.7 Å². The second-order valence-electron chi connectivity index (χ2n) is 14.5. The Morgan fingerprint density at radius 3 is 1.63 bits per heavy atom. The summed E-state index contributed by atoms with van der Waals surface area (Å²) in [6.45, 7) is 0. The average molecular weight is 685 g/mol. The lowest BCUT2D eigenvalue weighted by Crippen LogP contribution is -1.96. The minimum Gasteiger partial charge on any atom is -0.309 e. The van der Waals surface area contributed by atoms with Gasteiger partial charge in [0.05, 0.1) is 22.1 Å². The second kappa shape index (κ2) is 11.2. The molecule has 0 saturated heterocycles. The van der Waals surface area contributed by atoms with E-state index in [0.29, 0.717) is 0 Å². The summed E-state index contributed by atoms with van der Waals surface area (Å²) in [4.78, 5) is 0. The van der Waals surface area contributed by atoms with Crippen molar-refractivity contribution < 1.29 is 0 Å². The zero-order valence-corrected chi connectivity index (χ0v) is 29.4. The molecule has 2 aromatic heterocycles. The summed E-state index contributed by atoms with van der Waals surface area (Å²) in [6.07, 6.45) is 0. The monoisotopic (exact) mass is 684 g/mol. The molecule has 0 spiro atoms. The molecule has 12 rings (SSSR count). The standard InChI is InChI=1S/C52H32N2/c1-4-14-40-33(10-1)13-9-18-41(40)36-22-26-38(27-23-36)53-48-19-8-7-17-44(48)46-31-47-51(32-50(46)53)54(49-29-25-35-12-3-6-16-43(35)52(47)49)39-28-24-37-21-20-34-11-2-5-15-42(34)45(37)30-39/h1-32H. The summed E-state index contributed by atoms with van der Waals surface area (Å²) >= 11 is 0. The summed E-state index contributed by atoms with van der Waals surface area (Å²) in [5, 5.41) is 15.2. The largest absolute Gasteiger partial charge is 0.309 e. The molecule has 10 aromatic carbocycles. The zero-order chi connectivity index (χ0) is 35.3. The SMILES string of the molecule is c1ccc2c(-c3ccc(-n4c5ccccc5c5cc6c7c8ccccc8ccc7n(-c7ccc8ccc9ccccc9c8c7)c6cc54)cc3)cccc2c1. The van der Waals surface area contributed by atoms with Crippen LogP contribution in [0.5, 0.6) is 0 Å². The highest BCUT2D eigenvalue weighted by Crippen LogP contribution is 2.43. The normalized spacial score (nSPS) is 12.1. The van der Waals surface area contributed by atoms with Crippen LogP contribution in [0.4, 0.5) is 0 Å². The van der Waals surface area contributed by atoms with Crippen molar-refractivity contribution in [3.05, 3.63) is 194 Å². The van der Waals surface area contributed by atoms with Gasteiger partial charge in [0.25, 0.3) is 0 Å². The van der Waals surface area contributed by atoms with Crippen LogP contribution in [0.15, 0.2) is 194 Å². The van der Waals surface area contributed by atoms with Crippen LogP contribution < -0.4 is 0 Å². The van der Waals surface area contributed by atoms with E-state index in [0.717, 1.165) is 11.4 Å². The van der Waals surface area contributed by atoms with Crippen molar-refractivity contribution in [2.45, 2.75) is 0 Å². The first-order valence-electron chi connectivity index (χ1n) is 18.7. The van der Waals surface area contributed by atoms with Crippen LogP contribution in [-0.4, -0.2) is 9.13 Å². The number of hydrogen-bond acceptors (Lipinski definition) is 0. The number of aromatic nitrogens is 2. The Hall–Kier alpha value is -7.16. The molecular weight excluding hydrogens is 653 g/mol. The third-order valence-corrected chi connectivity index (χ3v) is 11.7. The number of para-hydroxylation sites is 1. The van der Waals surface area contributed by atoms with Gasteiger partial charge in [0.1, 0.15) is 0 Å². The van der Waals surface area contributed by atoms with E-state index in [9.17, 15) is 0 Å². The Labute approximate surface area is 311 Å². The Bertz CT molecular complexity index is 3480. The minimum absolute atomic E-state index is 1.15. The van der Waals surface area contributed by atoms with E-state index in [2.05, 4.69) is 203 Å². The van der Waals surface area contributed by atoms with Crippen molar-refractivity contribution in [3.63, 3.8) is 0 Å². The summed E-state index contributed by atoms with van der Waals surface area (Å²) < 4.78 is 4.94. The van der Waals surface area contributed by atoms with Gasteiger partial charge in [-0.05, 0) is 103 Å². The fraction of sp³-hybridized carbons (Fsp3) is 0. The van der Waals surface area contributed by atoms with Gasteiger partial charge < -0.3 is 9.13 Å². The van der Waals surface area contributed by atoms with Crippen LogP contribution in [0.3, 0.4) is 0 Å². The first kappa shape index (κ1) is 29.4. The highest BCUT2D eigenvalue weighted by Gasteiger charge is 2.20. The minimum atomic E-state index is 1.15. The van der Waals surface area contributed by atoms with Gasteiger partial charge in [0, 0.05) is 32.9 Å². The van der Waals surface area contributed by atoms with Gasteiger partial charge in [0.15, 0.2) is 0 Å². The molecule has 0 amide bonds. The molecule has 0 N–H and O–H groups in total. The van der Waals surface area contributed by atoms with E-state index in [4.69, 9.17) is 0 Å². The molecule has 2 nitrogen and oxygen atoms in total. The average Bonchev–Trinajstić information content (AvgIpc) is 3.74. The Balaban J connectivity index is 1.16. The molecule has 0 saturated carbocycles. The molecule has 0 fully saturated rings. The van der Waals surface area contributed by atoms with Crippen LogP contribution in [0.25, 0.3) is 109 Å². The molecule has 12 aromatic rings. The molecule has 0 aliphatic rings. The summed E-state index contributed by atoms with van der Waals surface area (Å²) in [7, 11) is 0. The Morgan fingerprint density at radius 2 is 0.815 bits per heavy atom. The molecule has 250 valence electrons. The quantitative estimate of drug-likeness (QED) is 0.164. The molecule has 0 radical (unpaired) electrons. The Kier molecular flexibility index (Phi) is 6.09. The number of rotatable bonds is 3. The molecule has 54 heavy (non-hydrogen) atoms. The first-order chi connectivity index (χ1) is 26.8. The van der Waals surface area contributed by atoms with Crippen LogP contribution in [-0.2, 0) is 0 Å². The number of fused-ring (bicyclic) bond motifs is 12. The van der Waals surface area contributed by atoms with Crippen LogP contribution >= 0.6 is 0 Å².